The number of aliphatic hydroxyl groups is 1. The standard InChI is InChI=1S/C12H16O3S/c1-7-4-10(14-2)12(15-3)11-8(7)5-16-6-9(11)13/h4,9,13H,5-6H2,1-3H3/t9-/m1/s1. The van der Waals surface area contributed by atoms with Crippen molar-refractivity contribution in [1.29, 1.82) is 0 Å². The first kappa shape index (κ1) is 11.6. The molecule has 0 unspecified atom stereocenters. The summed E-state index contributed by atoms with van der Waals surface area (Å²) in [6.07, 6.45) is -0.461. The summed E-state index contributed by atoms with van der Waals surface area (Å²) in [5, 5.41) is 10.1. The summed E-state index contributed by atoms with van der Waals surface area (Å²) in [7, 11) is 3.23. The maximum atomic E-state index is 10.1. The molecule has 0 saturated heterocycles. The van der Waals surface area contributed by atoms with Crippen LogP contribution in [0.3, 0.4) is 0 Å². The van der Waals surface area contributed by atoms with Gasteiger partial charge in [0.15, 0.2) is 11.5 Å². The third-order valence-electron chi connectivity index (χ3n) is 2.90. The highest BCUT2D eigenvalue weighted by Gasteiger charge is 2.26. The molecule has 0 saturated carbocycles. The van der Waals surface area contributed by atoms with Gasteiger partial charge >= 0.3 is 0 Å². The fourth-order valence-electron chi connectivity index (χ4n) is 2.09. The summed E-state index contributed by atoms with van der Waals surface area (Å²) in [5.74, 6) is 3.02. The number of methoxy groups -OCH3 is 2. The zero-order valence-electron chi connectivity index (χ0n) is 9.74. The summed E-state index contributed by atoms with van der Waals surface area (Å²) in [6.45, 7) is 2.04. The Bertz CT molecular complexity index is 404. The van der Waals surface area contributed by atoms with Crippen LogP contribution < -0.4 is 9.47 Å². The topological polar surface area (TPSA) is 38.7 Å². The number of fused-ring (bicyclic) bond motifs is 1. The second-order valence-electron chi connectivity index (χ2n) is 3.85. The van der Waals surface area contributed by atoms with Gasteiger partial charge in [0.2, 0.25) is 0 Å². The van der Waals surface area contributed by atoms with Crippen molar-refractivity contribution in [3.8, 4) is 11.5 Å². The first-order valence-corrected chi connectivity index (χ1v) is 6.34. The Labute approximate surface area is 99.8 Å². The molecule has 2 rings (SSSR count). The minimum atomic E-state index is -0.461. The molecule has 1 aromatic rings. The van der Waals surface area contributed by atoms with E-state index in [0.29, 0.717) is 11.5 Å². The number of ether oxygens (including phenoxy) is 2. The predicted octanol–water partition coefficient (Wildman–Crippen LogP) is 2.29. The summed E-state index contributed by atoms with van der Waals surface area (Å²) < 4.78 is 10.7. The Kier molecular flexibility index (Phi) is 3.30. The number of hydrogen-bond acceptors (Lipinski definition) is 4. The van der Waals surface area contributed by atoms with E-state index in [9.17, 15) is 5.11 Å². The summed E-state index contributed by atoms with van der Waals surface area (Å²) in [4.78, 5) is 0. The van der Waals surface area contributed by atoms with Crippen LogP contribution in [-0.4, -0.2) is 25.1 Å². The highest BCUT2D eigenvalue weighted by atomic mass is 32.2. The van der Waals surface area contributed by atoms with E-state index in [1.807, 2.05) is 13.0 Å². The van der Waals surface area contributed by atoms with Crippen molar-refractivity contribution < 1.29 is 14.6 Å². The van der Waals surface area contributed by atoms with Crippen LogP contribution in [0.2, 0.25) is 0 Å². The van der Waals surface area contributed by atoms with Crippen molar-refractivity contribution in [3.05, 3.63) is 22.8 Å². The van der Waals surface area contributed by atoms with Crippen molar-refractivity contribution in [2.45, 2.75) is 18.8 Å². The van der Waals surface area contributed by atoms with Crippen molar-refractivity contribution in [2.75, 3.05) is 20.0 Å². The molecule has 88 valence electrons. The molecule has 0 fully saturated rings. The van der Waals surface area contributed by atoms with Crippen LogP contribution in [0.4, 0.5) is 0 Å². The van der Waals surface area contributed by atoms with Gasteiger partial charge in [-0.25, -0.2) is 0 Å². The van der Waals surface area contributed by atoms with E-state index in [-0.39, 0.29) is 0 Å². The molecule has 1 aliphatic heterocycles. The molecule has 0 spiro atoms. The van der Waals surface area contributed by atoms with Gasteiger partial charge in [-0.2, -0.15) is 11.8 Å². The maximum Gasteiger partial charge on any atom is 0.166 e. The van der Waals surface area contributed by atoms with Crippen molar-refractivity contribution in [1.82, 2.24) is 0 Å². The van der Waals surface area contributed by atoms with Crippen LogP contribution in [0, 0.1) is 6.92 Å². The Morgan fingerprint density at radius 1 is 1.38 bits per heavy atom. The van der Waals surface area contributed by atoms with E-state index >= 15 is 0 Å². The van der Waals surface area contributed by atoms with Crippen LogP contribution in [-0.2, 0) is 5.75 Å². The quantitative estimate of drug-likeness (QED) is 0.861. The average Bonchev–Trinajstić information content (AvgIpc) is 2.29. The second kappa shape index (κ2) is 4.55. The Hall–Kier alpha value is -0.870. The first-order valence-electron chi connectivity index (χ1n) is 5.19. The zero-order valence-corrected chi connectivity index (χ0v) is 10.6. The van der Waals surface area contributed by atoms with Gasteiger partial charge in [0.1, 0.15) is 0 Å². The van der Waals surface area contributed by atoms with Gasteiger partial charge in [-0.15, -0.1) is 0 Å². The summed E-state index contributed by atoms with van der Waals surface area (Å²) in [5.41, 5.74) is 3.23. The number of hydrogen-bond donors (Lipinski definition) is 1. The molecule has 16 heavy (non-hydrogen) atoms. The molecule has 0 amide bonds. The highest BCUT2D eigenvalue weighted by molar-refractivity contribution is 7.98. The van der Waals surface area contributed by atoms with Crippen molar-refractivity contribution in [2.24, 2.45) is 0 Å². The Morgan fingerprint density at radius 2 is 2.12 bits per heavy atom. The molecular weight excluding hydrogens is 224 g/mol. The van der Waals surface area contributed by atoms with Crippen LogP contribution in [0.5, 0.6) is 11.5 Å². The molecule has 1 heterocycles. The lowest BCUT2D eigenvalue weighted by atomic mass is 9.97. The van der Waals surface area contributed by atoms with E-state index < -0.39 is 6.10 Å². The van der Waals surface area contributed by atoms with Gasteiger partial charge in [-0.3, -0.25) is 0 Å². The van der Waals surface area contributed by atoms with Crippen molar-refractivity contribution >= 4 is 11.8 Å². The molecule has 1 atom stereocenters. The van der Waals surface area contributed by atoms with Gasteiger partial charge in [-0.1, -0.05) is 0 Å². The maximum absolute atomic E-state index is 10.1. The molecule has 1 aromatic carbocycles. The Balaban J connectivity index is 2.65. The van der Waals surface area contributed by atoms with Gasteiger partial charge in [-0.05, 0) is 24.1 Å². The molecular formula is C12H16O3S. The highest BCUT2D eigenvalue weighted by Crippen LogP contribution is 2.44. The van der Waals surface area contributed by atoms with Crippen molar-refractivity contribution in [3.63, 3.8) is 0 Å². The lowest BCUT2D eigenvalue weighted by Gasteiger charge is -2.26. The number of thioether (sulfide) groups is 1. The lowest BCUT2D eigenvalue weighted by Crippen LogP contribution is -2.13. The second-order valence-corrected chi connectivity index (χ2v) is 4.88. The number of rotatable bonds is 2. The van der Waals surface area contributed by atoms with Crippen LogP contribution in [0.15, 0.2) is 6.07 Å². The molecule has 0 radical (unpaired) electrons. The molecule has 1 N–H and O–H groups in total. The third kappa shape index (κ3) is 1.76. The van der Waals surface area contributed by atoms with Crippen LogP contribution in [0.1, 0.15) is 22.8 Å². The molecule has 1 aliphatic rings. The van der Waals surface area contributed by atoms with Gasteiger partial charge < -0.3 is 14.6 Å². The smallest absolute Gasteiger partial charge is 0.166 e. The monoisotopic (exact) mass is 240 g/mol. The summed E-state index contributed by atoms with van der Waals surface area (Å²) >= 11 is 1.75. The molecule has 0 bridgehead atoms. The lowest BCUT2D eigenvalue weighted by molar-refractivity contribution is 0.195. The Morgan fingerprint density at radius 3 is 2.75 bits per heavy atom. The van der Waals surface area contributed by atoms with Gasteiger partial charge in [0, 0.05) is 17.1 Å². The van der Waals surface area contributed by atoms with Gasteiger partial charge in [0.05, 0.1) is 20.3 Å². The molecule has 0 aromatic heterocycles. The van der Waals surface area contributed by atoms with E-state index in [2.05, 4.69) is 0 Å². The fraction of sp³-hybridized carbons (Fsp3) is 0.500. The average molecular weight is 240 g/mol. The number of aryl methyl sites for hydroxylation is 1. The SMILES string of the molecule is COc1cc(C)c2c(c1OC)[C@H](O)CSC2. The van der Waals surface area contributed by atoms with E-state index in [1.165, 1.54) is 5.56 Å². The minimum Gasteiger partial charge on any atom is -0.493 e. The number of benzene rings is 1. The fourth-order valence-corrected chi connectivity index (χ4v) is 3.19. The third-order valence-corrected chi connectivity index (χ3v) is 3.94. The van der Waals surface area contributed by atoms with Crippen LogP contribution >= 0.6 is 11.8 Å². The predicted molar refractivity (Wildman–Crippen MR) is 65.4 cm³/mol. The summed E-state index contributed by atoms with van der Waals surface area (Å²) in [6, 6.07) is 1.97. The zero-order chi connectivity index (χ0) is 11.7. The molecule has 4 heteroatoms. The van der Waals surface area contributed by atoms with E-state index in [1.54, 1.807) is 26.0 Å². The van der Waals surface area contributed by atoms with E-state index in [4.69, 9.17) is 9.47 Å². The molecule has 0 aliphatic carbocycles. The van der Waals surface area contributed by atoms with Gasteiger partial charge in [0.25, 0.3) is 0 Å². The van der Waals surface area contributed by atoms with Crippen LogP contribution in [0.25, 0.3) is 0 Å². The molecule has 3 nitrogen and oxygen atoms in total. The first-order chi connectivity index (χ1) is 7.69. The minimum absolute atomic E-state index is 0.461. The normalized spacial score (nSPS) is 19.1. The van der Waals surface area contributed by atoms with E-state index in [0.717, 1.165) is 22.6 Å². The largest absolute Gasteiger partial charge is 0.493 e. The number of aliphatic hydroxyl groups excluding tert-OH is 1.